The normalized spacial score (nSPS) is 19.0. The fourth-order valence-electron chi connectivity index (χ4n) is 3.40. The molecule has 1 aliphatic heterocycles. The zero-order valence-corrected chi connectivity index (χ0v) is 13.5. The summed E-state index contributed by atoms with van der Waals surface area (Å²) in [5.74, 6) is 0.943. The molecule has 1 aromatic carbocycles. The van der Waals surface area contributed by atoms with Gasteiger partial charge in [-0.1, -0.05) is 18.2 Å². The summed E-state index contributed by atoms with van der Waals surface area (Å²) in [5, 5.41) is 5.60. The van der Waals surface area contributed by atoms with Crippen molar-refractivity contribution in [2.45, 2.75) is 32.4 Å². The minimum Gasteiger partial charge on any atom is -0.289 e. The first-order chi connectivity index (χ1) is 10.8. The van der Waals surface area contributed by atoms with Gasteiger partial charge in [0, 0.05) is 17.1 Å². The van der Waals surface area contributed by atoms with Gasteiger partial charge in [-0.3, -0.25) is 4.90 Å². The van der Waals surface area contributed by atoms with Crippen molar-refractivity contribution in [3.05, 3.63) is 58.2 Å². The summed E-state index contributed by atoms with van der Waals surface area (Å²) in [6.07, 6.45) is 2.50. The Kier molecular flexibility index (Phi) is 3.64. The number of nitrogens with zero attached hydrogens (tertiary/aromatic N) is 3. The van der Waals surface area contributed by atoms with Gasteiger partial charge in [-0.05, 0) is 54.8 Å². The smallest absolute Gasteiger partial charge is 0.143 e. The molecule has 0 spiro atoms. The Bertz CT molecular complexity index is 782. The van der Waals surface area contributed by atoms with Gasteiger partial charge in [-0.15, -0.1) is 0 Å². The molecule has 3 heterocycles. The molecule has 112 valence electrons. The zero-order chi connectivity index (χ0) is 14.9. The van der Waals surface area contributed by atoms with Gasteiger partial charge < -0.3 is 0 Å². The molecular formula is C18H19N3S. The first-order valence-electron chi connectivity index (χ1n) is 7.79. The Labute approximate surface area is 134 Å². The van der Waals surface area contributed by atoms with E-state index >= 15 is 0 Å². The molecule has 0 saturated carbocycles. The average Bonchev–Trinajstić information content (AvgIpc) is 3.18. The standard InChI is InChI=1S/C18H19N3S/c1-13-15-5-2-3-6-16(15)20-18(19-13)11-21-9-4-7-17(21)14-8-10-22-12-14/h2-3,5-6,8,10,12,17H,4,7,9,11H2,1H3/t17-/m1/s1. The molecule has 4 heteroatoms. The van der Waals surface area contributed by atoms with Crippen LogP contribution in [0.3, 0.4) is 0 Å². The number of fused-ring (bicyclic) bond motifs is 1. The van der Waals surface area contributed by atoms with Crippen LogP contribution in [0.25, 0.3) is 10.9 Å². The first kappa shape index (κ1) is 13.9. The largest absolute Gasteiger partial charge is 0.289 e. The van der Waals surface area contributed by atoms with Crippen molar-refractivity contribution >= 4 is 22.2 Å². The van der Waals surface area contributed by atoms with Crippen molar-refractivity contribution < 1.29 is 0 Å². The van der Waals surface area contributed by atoms with Gasteiger partial charge in [0.15, 0.2) is 0 Å². The predicted molar refractivity (Wildman–Crippen MR) is 91.0 cm³/mol. The molecule has 4 rings (SSSR count). The van der Waals surface area contributed by atoms with Crippen LogP contribution in [0.1, 0.15) is 36.0 Å². The summed E-state index contributed by atoms with van der Waals surface area (Å²) in [6.45, 7) is 4.05. The molecule has 1 saturated heterocycles. The fourth-order valence-corrected chi connectivity index (χ4v) is 4.11. The number of para-hydroxylation sites is 1. The maximum absolute atomic E-state index is 4.77. The summed E-state index contributed by atoms with van der Waals surface area (Å²) in [4.78, 5) is 12.0. The third-order valence-electron chi connectivity index (χ3n) is 4.48. The van der Waals surface area contributed by atoms with Crippen molar-refractivity contribution in [1.82, 2.24) is 14.9 Å². The fraction of sp³-hybridized carbons (Fsp3) is 0.333. The predicted octanol–water partition coefficient (Wildman–Crippen LogP) is 4.34. The molecule has 3 aromatic rings. The number of benzene rings is 1. The van der Waals surface area contributed by atoms with E-state index in [0.717, 1.165) is 35.5 Å². The minimum absolute atomic E-state index is 0.529. The molecule has 2 aromatic heterocycles. The highest BCUT2D eigenvalue weighted by atomic mass is 32.1. The molecule has 0 bridgehead atoms. The number of aromatic nitrogens is 2. The van der Waals surface area contributed by atoms with Crippen molar-refractivity contribution in [2.75, 3.05) is 6.54 Å². The van der Waals surface area contributed by atoms with Gasteiger partial charge in [0.05, 0.1) is 12.1 Å². The molecule has 1 fully saturated rings. The Hall–Kier alpha value is -1.78. The second kappa shape index (κ2) is 5.78. The highest BCUT2D eigenvalue weighted by Gasteiger charge is 2.27. The van der Waals surface area contributed by atoms with Crippen LogP contribution >= 0.6 is 11.3 Å². The minimum atomic E-state index is 0.529. The summed E-state index contributed by atoms with van der Waals surface area (Å²) in [7, 11) is 0. The number of likely N-dealkylation sites (tertiary alicyclic amines) is 1. The second-order valence-electron chi connectivity index (χ2n) is 5.93. The molecule has 0 N–H and O–H groups in total. The van der Waals surface area contributed by atoms with E-state index in [-0.39, 0.29) is 0 Å². The maximum Gasteiger partial charge on any atom is 0.143 e. The quantitative estimate of drug-likeness (QED) is 0.721. The third-order valence-corrected chi connectivity index (χ3v) is 5.18. The maximum atomic E-state index is 4.77. The monoisotopic (exact) mass is 309 g/mol. The summed E-state index contributed by atoms with van der Waals surface area (Å²) in [6, 6.07) is 11.0. The van der Waals surface area contributed by atoms with Crippen LogP contribution in [0.4, 0.5) is 0 Å². The molecule has 0 unspecified atom stereocenters. The molecule has 22 heavy (non-hydrogen) atoms. The topological polar surface area (TPSA) is 29.0 Å². The van der Waals surface area contributed by atoms with Gasteiger partial charge in [-0.2, -0.15) is 11.3 Å². The zero-order valence-electron chi connectivity index (χ0n) is 12.7. The molecule has 0 aliphatic carbocycles. The van der Waals surface area contributed by atoms with E-state index in [4.69, 9.17) is 9.97 Å². The van der Waals surface area contributed by atoms with E-state index in [1.54, 1.807) is 11.3 Å². The van der Waals surface area contributed by atoms with Gasteiger partial charge in [0.1, 0.15) is 5.82 Å². The van der Waals surface area contributed by atoms with Crippen molar-refractivity contribution in [2.24, 2.45) is 0 Å². The number of hydrogen-bond acceptors (Lipinski definition) is 4. The highest BCUT2D eigenvalue weighted by Crippen LogP contribution is 2.33. The van der Waals surface area contributed by atoms with Crippen LogP contribution in [-0.4, -0.2) is 21.4 Å². The van der Waals surface area contributed by atoms with Crippen LogP contribution in [0.2, 0.25) is 0 Å². The Morgan fingerprint density at radius 3 is 3.00 bits per heavy atom. The van der Waals surface area contributed by atoms with Gasteiger partial charge in [0.25, 0.3) is 0 Å². The lowest BCUT2D eigenvalue weighted by Gasteiger charge is -2.23. The van der Waals surface area contributed by atoms with Crippen LogP contribution in [0.5, 0.6) is 0 Å². The van der Waals surface area contributed by atoms with Crippen LogP contribution in [0.15, 0.2) is 41.1 Å². The van der Waals surface area contributed by atoms with Crippen LogP contribution < -0.4 is 0 Å². The lowest BCUT2D eigenvalue weighted by Crippen LogP contribution is -2.23. The van der Waals surface area contributed by atoms with E-state index in [2.05, 4.69) is 40.8 Å². The summed E-state index contributed by atoms with van der Waals surface area (Å²) >= 11 is 1.78. The number of hydrogen-bond donors (Lipinski definition) is 0. The van der Waals surface area contributed by atoms with Gasteiger partial charge in [0.2, 0.25) is 0 Å². The van der Waals surface area contributed by atoms with Crippen LogP contribution in [-0.2, 0) is 6.54 Å². The lowest BCUT2D eigenvalue weighted by molar-refractivity contribution is 0.243. The van der Waals surface area contributed by atoms with Crippen molar-refractivity contribution in [1.29, 1.82) is 0 Å². The summed E-state index contributed by atoms with van der Waals surface area (Å²) < 4.78 is 0. The van der Waals surface area contributed by atoms with Gasteiger partial charge in [-0.25, -0.2) is 9.97 Å². The highest BCUT2D eigenvalue weighted by molar-refractivity contribution is 7.07. The third kappa shape index (κ3) is 2.53. The molecular weight excluding hydrogens is 290 g/mol. The van der Waals surface area contributed by atoms with Crippen LogP contribution in [0, 0.1) is 6.92 Å². The number of aryl methyl sites for hydroxylation is 1. The molecule has 1 aliphatic rings. The Morgan fingerprint density at radius 1 is 1.23 bits per heavy atom. The average molecular weight is 309 g/mol. The van der Waals surface area contributed by atoms with E-state index in [0.29, 0.717) is 6.04 Å². The van der Waals surface area contributed by atoms with Gasteiger partial charge >= 0.3 is 0 Å². The molecule has 1 atom stereocenters. The first-order valence-corrected chi connectivity index (χ1v) is 8.74. The second-order valence-corrected chi connectivity index (χ2v) is 6.71. The number of thiophene rings is 1. The lowest BCUT2D eigenvalue weighted by atomic mass is 10.1. The van der Waals surface area contributed by atoms with E-state index in [9.17, 15) is 0 Å². The SMILES string of the molecule is Cc1nc(CN2CCC[C@@H]2c2ccsc2)nc2ccccc12. The van der Waals surface area contributed by atoms with E-state index < -0.39 is 0 Å². The number of rotatable bonds is 3. The van der Waals surface area contributed by atoms with Crippen molar-refractivity contribution in [3.8, 4) is 0 Å². The molecule has 0 amide bonds. The summed E-state index contributed by atoms with van der Waals surface area (Å²) in [5.41, 5.74) is 3.57. The van der Waals surface area contributed by atoms with E-state index in [1.165, 1.54) is 18.4 Å². The van der Waals surface area contributed by atoms with E-state index in [1.807, 2.05) is 12.1 Å². The molecule has 0 radical (unpaired) electrons. The van der Waals surface area contributed by atoms with Crippen molar-refractivity contribution in [3.63, 3.8) is 0 Å². The molecule has 3 nitrogen and oxygen atoms in total. The Morgan fingerprint density at radius 2 is 2.14 bits per heavy atom. The Balaban J connectivity index is 1.63.